The van der Waals surface area contributed by atoms with E-state index in [1.165, 1.54) is 6.42 Å². The number of carbonyl (C=O) groups excluding carboxylic acids is 3. The summed E-state index contributed by atoms with van der Waals surface area (Å²) in [5.41, 5.74) is 0. The van der Waals surface area contributed by atoms with Crippen LogP contribution in [0.2, 0.25) is 0 Å². The van der Waals surface area contributed by atoms with Gasteiger partial charge in [-0.05, 0) is 25.7 Å². The van der Waals surface area contributed by atoms with Crippen molar-refractivity contribution in [2.24, 2.45) is 11.8 Å². The standard InChI is InChI=1S/C19H29N3O4S/c1-20-16(24)13-12-7-8-19(27-12)14(13)18(26)22(9-10-23)15(19)17(25)21-11-5-3-2-4-6-11/h11-15,23H,2-10H2,1H3,(H,20,24)(H,21,25)/t12-,13+,14+,15?,19?/m1/s1. The Morgan fingerprint density at radius 3 is 2.63 bits per heavy atom. The second-order valence-corrected chi connectivity index (χ2v) is 9.87. The van der Waals surface area contributed by atoms with Crippen LogP contribution in [-0.2, 0) is 14.4 Å². The Bertz CT molecular complexity index is 638. The maximum absolute atomic E-state index is 13.3. The predicted molar refractivity (Wildman–Crippen MR) is 102 cm³/mol. The number of rotatable bonds is 5. The summed E-state index contributed by atoms with van der Waals surface area (Å²) in [5, 5.41) is 15.5. The first kappa shape index (κ1) is 19.1. The maximum Gasteiger partial charge on any atom is 0.244 e. The SMILES string of the molecule is CNC(=O)[C@@H]1[C@H]2C(=O)N(CCO)C(C(=O)NC3CCCCC3)C23CC[C@H]1S3. The summed E-state index contributed by atoms with van der Waals surface area (Å²) in [4.78, 5) is 40.6. The van der Waals surface area contributed by atoms with E-state index in [1.807, 2.05) is 0 Å². The molecule has 0 aromatic rings. The van der Waals surface area contributed by atoms with Gasteiger partial charge in [0.25, 0.3) is 0 Å². The summed E-state index contributed by atoms with van der Waals surface area (Å²) in [6.07, 6.45) is 7.06. The van der Waals surface area contributed by atoms with E-state index in [4.69, 9.17) is 0 Å². The number of fused-ring (bicyclic) bond motifs is 1. The molecule has 2 unspecified atom stereocenters. The summed E-state index contributed by atoms with van der Waals surface area (Å²) < 4.78 is -0.535. The zero-order valence-corrected chi connectivity index (χ0v) is 16.6. The van der Waals surface area contributed by atoms with Crippen LogP contribution in [0.5, 0.6) is 0 Å². The summed E-state index contributed by atoms with van der Waals surface area (Å²) in [7, 11) is 1.60. The van der Waals surface area contributed by atoms with Crippen LogP contribution in [0.15, 0.2) is 0 Å². The molecule has 4 rings (SSSR count). The minimum Gasteiger partial charge on any atom is -0.395 e. The molecule has 2 bridgehead atoms. The van der Waals surface area contributed by atoms with Crippen LogP contribution in [0.3, 0.4) is 0 Å². The van der Waals surface area contributed by atoms with Crippen molar-refractivity contribution in [3.63, 3.8) is 0 Å². The third-order valence-corrected chi connectivity index (χ3v) is 8.84. The Hall–Kier alpha value is -1.28. The Labute approximate surface area is 164 Å². The largest absolute Gasteiger partial charge is 0.395 e. The van der Waals surface area contributed by atoms with Crippen LogP contribution in [0.1, 0.15) is 44.9 Å². The van der Waals surface area contributed by atoms with E-state index in [-0.39, 0.29) is 48.1 Å². The van der Waals surface area contributed by atoms with Gasteiger partial charge >= 0.3 is 0 Å². The molecular weight excluding hydrogens is 366 g/mol. The Balaban J connectivity index is 1.63. The summed E-state index contributed by atoms with van der Waals surface area (Å²) in [6.45, 7) is -0.0357. The third-order valence-electron chi connectivity index (χ3n) is 6.89. The fourth-order valence-electron chi connectivity index (χ4n) is 5.80. The molecule has 3 N–H and O–H groups in total. The lowest BCUT2D eigenvalue weighted by Gasteiger charge is -2.35. The van der Waals surface area contributed by atoms with Crippen LogP contribution in [0.25, 0.3) is 0 Å². The Morgan fingerprint density at radius 1 is 1.22 bits per heavy atom. The lowest BCUT2D eigenvalue weighted by molar-refractivity contribution is -0.140. The second kappa shape index (κ2) is 7.28. The first-order chi connectivity index (χ1) is 13.0. The molecule has 3 aliphatic heterocycles. The van der Waals surface area contributed by atoms with Crippen molar-refractivity contribution in [3.05, 3.63) is 0 Å². The molecule has 3 saturated heterocycles. The van der Waals surface area contributed by atoms with Crippen molar-refractivity contribution in [2.75, 3.05) is 20.2 Å². The number of nitrogens with one attached hydrogen (secondary N) is 2. The summed E-state index contributed by atoms with van der Waals surface area (Å²) in [5.74, 6) is -1.19. The molecule has 0 aromatic heterocycles. The number of carbonyl (C=O) groups is 3. The van der Waals surface area contributed by atoms with Gasteiger partial charge < -0.3 is 20.6 Å². The van der Waals surface area contributed by atoms with E-state index < -0.39 is 16.7 Å². The minimum atomic E-state index is -0.589. The van der Waals surface area contributed by atoms with Crippen molar-refractivity contribution in [1.82, 2.24) is 15.5 Å². The van der Waals surface area contributed by atoms with Gasteiger partial charge in [0.2, 0.25) is 17.7 Å². The third kappa shape index (κ3) is 2.87. The second-order valence-electron chi connectivity index (χ2n) is 8.27. The molecule has 4 fully saturated rings. The van der Waals surface area contributed by atoms with Crippen molar-refractivity contribution >= 4 is 29.5 Å². The fourth-order valence-corrected chi connectivity index (χ4v) is 8.02. The van der Waals surface area contributed by atoms with E-state index >= 15 is 0 Å². The highest BCUT2D eigenvalue weighted by atomic mass is 32.2. The molecule has 1 aliphatic carbocycles. The molecule has 7 nitrogen and oxygen atoms in total. The van der Waals surface area contributed by atoms with Gasteiger partial charge in [0, 0.05) is 24.9 Å². The highest BCUT2D eigenvalue weighted by Gasteiger charge is 2.73. The molecule has 0 aromatic carbocycles. The van der Waals surface area contributed by atoms with Crippen LogP contribution in [0, 0.1) is 11.8 Å². The Kier molecular flexibility index (Phi) is 5.14. The van der Waals surface area contributed by atoms with Gasteiger partial charge in [-0.3, -0.25) is 14.4 Å². The highest BCUT2D eigenvalue weighted by molar-refractivity contribution is 8.02. The summed E-state index contributed by atoms with van der Waals surface area (Å²) >= 11 is 1.67. The van der Waals surface area contributed by atoms with Crippen LogP contribution >= 0.6 is 11.8 Å². The van der Waals surface area contributed by atoms with E-state index in [1.54, 1.807) is 23.7 Å². The van der Waals surface area contributed by atoms with Gasteiger partial charge in [0.15, 0.2) is 0 Å². The lowest BCUT2D eigenvalue weighted by atomic mass is 9.70. The average Bonchev–Trinajstić information content (AvgIpc) is 3.30. The molecule has 4 aliphatic rings. The van der Waals surface area contributed by atoms with Crippen LogP contribution in [0.4, 0.5) is 0 Å². The molecule has 3 heterocycles. The van der Waals surface area contributed by atoms with Crippen molar-refractivity contribution < 1.29 is 19.5 Å². The number of thioether (sulfide) groups is 1. The molecule has 5 atom stereocenters. The van der Waals surface area contributed by atoms with Crippen LogP contribution in [-0.4, -0.2) is 70.0 Å². The monoisotopic (exact) mass is 395 g/mol. The number of aliphatic hydroxyl groups is 1. The van der Waals surface area contributed by atoms with Gasteiger partial charge in [-0.15, -0.1) is 11.8 Å². The number of hydrogen-bond donors (Lipinski definition) is 3. The average molecular weight is 396 g/mol. The molecular formula is C19H29N3O4S. The molecule has 27 heavy (non-hydrogen) atoms. The molecule has 150 valence electrons. The van der Waals surface area contributed by atoms with E-state index in [0.29, 0.717) is 0 Å². The number of β-amino-alcohol motifs (C(OH)–C–C–N with tert-alkyl or cyclic N) is 1. The van der Waals surface area contributed by atoms with E-state index in [0.717, 1.165) is 38.5 Å². The quantitative estimate of drug-likeness (QED) is 0.620. The predicted octanol–water partition coefficient (Wildman–Crippen LogP) is 0.265. The normalized spacial score (nSPS) is 38.1. The summed E-state index contributed by atoms with van der Waals surface area (Å²) in [6, 6.07) is -0.417. The number of hydrogen-bond acceptors (Lipinski definition) is 5. The molecule has 3 amide bonds. The topological polar surface area (TPSA) is 98.7 Å². The van der Waals surface area contributed by atoms with Crippen molar-refractivity contribution in [1.29, 1.82) is 0 Å². The van der Waals surface area contributed by atoms with Crippen LogP contribution < -0.4 is 10.6 Å². The number of nitrogens with zero attached hydrogens (tertiary/aromatic N) is 1. The Morgan fingerprint density at radius 2 is 1.96 bits per heavy atom. The smallest absolute Gasteiger partial charge is 0.244 e. The maximum atomic E-state index is 13.3. The minimum absolute atomic E-state index is 0.0974. The van der Waals surface area contributed by atoms with Gasteiger partial charge in [-0.25, -0.2) is 0 Å². The zero-order chi connectivity index (χ0) is 19.2. The zero-order valence-electron chi connectivity index (χ0n) is 15.8. The number of likely N-dealkylation sites (tertiary alicyclic amines) is 1. The van der Waals surface area contributed by atoms with Crippen molar-refractivity contribution in [2.45, 2.75) is 67.0 Å². The van der Waals surface area contributed by atoms with Gasteiger partial charge in [-0.2, -0.15) is 0 Å². The highest BCUT2D eigenvalue weighted by Crippen LogP contribution is 2.66. The first-order valence-corrected chi connectivity index (χ1v) is 11.0. The van der Waals surface area contributed by atoms with Gasteiger partial charge in [0.05, 0.1) is 23.2 Å². The van der Waals surface area contributed by atoms with E-state index in [2.05, 4.69) is 10.6 Å². The molecule has 0 radical (unpaired) electrons. The van der Waals surface area contributed by atoms with Crippen molar-refractivity contribution in [3.8, 4) is 0 Å². The molecule has 1 saturated carbocycles. The number of aliphatic hydroxyl groups excluding tert-OH is 1. The lowest BCUT2D eigenvalue weighted by Crippen LogP contribution is -2.56. The first-order valence-electron chi connectivity index (χ1n) is 10.1. The van der Waals surface area contributed by atoms with Gasteiger partial charge in [0.1, 0.15) is 6.04 Å². The van der Waals surface area contributed by atoms with E-state index in [9.17, 15) is 19.5 Å². The van der Waals surface area contributed by atoms with Gasteiger partial charge in [-0.1, -0.05) is 19.3 Å². The molecule has 8 heteroatoms. The fraction of sp³-hybridized carbons (Fsp3) is 0.842. The number of amides is 3. The molecule has 1 spiro atoms.